The Morgan fingerprint density at radius 3 is 2.71 bits per heavy atom. The van der Waals surface area contributed by atoms with E-state index in [1.807, 2.05) is 0 Å². The number of hydrogen-bond donors (Lipinski definition) is 1. The zero-order valence-corrected chi connectivity index (χ0v) is 8.31. The van der Waals surface area contributed by atoms with Gasteiger partial charge in [-0.05, 0) is 48.9 Å². The molecule has 0 aromatic heterocycles. The zero-order chi connectivity index (χ0) is 9.38. The first kappa shape index (κ1) is 8.16. The minimum absolute atomic E-state index is 0.797. The minimum atomic E-state index is 0.797. The minimum Gasteiger partial charge on any atom is -0.490 e. The summed E-state index contributed by atoms with van der Waals surface area (Å²) in [6, 6.07) is 4.51. The van der Waals surface area contributed by atoms with E-state index in [-0.39, 0.29) is 0 Å². The van der Waals surface area contributed by atoms with Gasteiger partial charge in [0.25, 0.3) is 0 Å². The van der Waals surface area contributed by atoms with Gasteiger partial charge in [-0.1, -0.05) is 0 Å². The van der Waals surface area contributed by atoms with Crippen LogP contribution < -0.4 is 10.1 Å². The molecule has 0 bridgehead atoms. The van der Waals surface area contributed by atoms with Crippen molar-refractivity contribution in [3.63, 3.8) is 0 Å². The Balaban J connectivity index is 2.06. The summed E-state index contributed by atoms with van der Waals surface area (Å²) in [6.45, 7) is 1.73. The van der Waals surface area contributed by atoms with Crippen molar-refractivity contribution >= 4 is 5.69 Å². The van der Waals surface area contributed by atoms with E-state index in [4.69, 9.17) is 4.74 Å². The Labute approximate surface area is 84.3 Å². The van der Waals surface area contributed by atoms with E-state index in [2.05, 4.69) is 17.4 Å². The van der Waals surface area contributed by atoms with Gasteiger partial charge in [-0.15, -0.1) is 0 Å². The van der Waals surface area contributed by atoms with Gasteiger partial charge >= 0.3 is 0 Å². The second kappa shape index (κ2) is 3.19. The molecule has 0 amide bonds. The molecule has 0 saturated heterocycles. The Morgan fingerprint density at radius 1 is 1.07 bits per heavy atom. The van der Waals surface area contributed by atoms with Gasteiger partial charge in [-0.2, -0.15) is 0 Å². The predicted octanol–water partition coefficient (Wildman–Crippen LogP) is 2.37. The first-order valence-corrected chi connectivity index (χ1v) is 5.46. The van der Waals surface area contributed by atoms with Crippen LogP contribution in [0, 0.1) is 0 Å². The van der Waals surface area contributed by atoms with Crippen molar-refractivity contribution in [1.82, 2.24) is 0 Å². The molecule has 0 atom stereocenters. The van der Waals surface area contributed by atoms with Crippen LogP contribution in [0.2, 0.25) is 0 Å². The molecule has 0 radical (unpaired) electrons. The summed E-state index contributed by atoms with van der Waals surface area (Å²) < 4.78 is 5.63. The van der Waals surface area contributed by atoms with Crippen LogP contribution in [-0.2, 0) is 12.8 Å². The molecule has 2 nitrogen and oxygen atoms in total. The van der Waals surface area contributed by atoms with Crippen LogP contribution in [0.5, 0.6) is 5.75 Å². The van der Waals surface area contributed by atoms with Crippen LogP contribution in [0.15, 0.2) is 12.1 Å². The van der Waals surface area contributed by atoms with Gasteiger partial charge in [0.15, 0.2) is 0 Å². The van der Waals surface area contributed by atoms with Gasteiger partial charge < -0.3 is 10.1 Å². The summed E-state index contributed by atoms with van der Waals surface area (Å²) in [5.41, 5.74) is 4.21. The van der Waals surface area contributed by atoms with E-state index in [1.54, 1.807) is 0 Å². The lowest BCUT2D eigenvalue weighted by Gasteiger charge is -2.23. The summed E-state index contributed by atoms with van der Waals surface area (Å²) in [7, 11) is 0. The summed E-state index contributed by atoms with van der Waals surface area (Å²) in [5.74, 6) is 1.05. The fourth-order valence-electron chi connectivity index (χ4n) is 2.37. The number of hydrogen-bond acceptors (Lipinski definition) is 2. The summed E-state index contributed by atoms with van der Waals surface area (Å²) in [6.07, 6.45) is 5.14. The van der Waals surface area contributed by atoms with Gasteiger partial charge in [0, 0.05) is 6.54 Å². The number of ether oxygens (including phenoxy) is 1. The smallest absolute Gasteiger partial charge is 0.142 e. The van der Waals surface area contributed by atoms with E-state index in [0.29, 0.717) is 0 Å². The van der Waals surface area contributed by atoms with Gasteiger partial charge in [0.1, 0.15) is 12.4 Å². The molecule has 0 unspecified atom stereocenters. The molecule has 0 saturated carbocycles. The third-order valence-electron chi connectivity index (χ3n) is 3.12. The van der Waals surface area contributed by atoms with Gasteiger partial charge in [0.05, 0.1) is 5.69 Å². The maximum Gasteiger partial charge on any atom is 0.142 e. The van der Waals surface area contributed by atoms with E-state index in [0.717, 1.165) is 18.9 Å². The van der Waals surface area contributed by atoms with Crippen LogP contribution >= 0.6 is 0 Å². The second-order valence-corrected chi connectivity index (χ2v) is 4.10. The average molecular weight is 189 g/mol. The summed E-state index contributed by atoms with van der Waals surface area (Å²) in [5, 5.41) is 3.39. The van der Waals surface area contributed by atoms with Crippen LogP contribution in [-0.4, -0.2) is 13.2 Å². The molecule has 1 aliphatic heterocycles. The van der Waals surface area contributed by atoms with Crippen LogP contribution in [0.1, 0.15) is 24.0 Å². The lowest BCUT2D eigenvalue weighted by atomic mass is 9.91. The molecule has 1 heterocycles. The molecule has 14 heavy (non-hydrogen) atoms. The maximum atomic E-state index is 5.63. The fourth-order valence-corrected chi connectivity index (χ4v) is 2.37. The van der Waals surface area contributed by atoms with Gasteiger partial charge in [-0.25, -0.2) is 0 Å². The van der Waals surface area contributed by atoms with Crippen molar-refractivity contribution in [1.29, 1.82) is 0 Å². The highest BCUT2D eigenvalue weighted by Gasteiger charge is 2.15. The van der Waals surface area contributed by atoms with Crippen LogP contribution in [0.25, 0.3) is 0 Å². The molecule has 2 heteroatoms. The van der Waals surface area contributed by atoms with Gasteiger partial charge in [-0.3, -0.25) is 0 Å². The third kappa shape index (κ3) is 1.26. The maximum absolute atomic E-state index is 5.63. The zero-order valence-electron chi connectivity index (χ0n) is 8.31. The number of benzene rings is 1. The predicted molar refractivity (Wildman–Crippen MR) is 57.1 cm³/mol. The molecule has 0 spiro atoms. The van der Waals surface area contributed by atoms with Crippen molar-refractivity contribution in [2.24, 2.45) is 0 Å². The Hall–Kier alpha value is -1.18. The topological polar surface area (TPSA) is 21.3 Å². The highest BCUT2D eigenvalue weighted by atomic mass is 16.5. The van der Waals surface area contributed by atoms with Crippen molar-refractivity contribution < 1.29 is 4.74 Å². The van der Waals surface area contributed by atoms with E-state index < -0.39 is 0 Å². The van der Waals surface area contributed by atoms with Crippen molar-refractivity contribution in [3.05, 3.63) is 23.3 Å². The molecule has 1 aromatic carbocycles. The molecule has 74 valence electrons. The largest absolute Gasteiger partial charge is 0.490 e. The molecule has 2 aliphatic rings. The first-order chi connectivity index (χ1) is 6.93. The molecular weight excluding hydrogens is 174 g/mol. The number of fused-ring (bicyclic) bond motifs is 2. The van der Waals surface area contributed by atoms with Crippen LogP contribution in [0.4, 0.5) is 5.69 Å². The molecular formula is C12H15NO. The molecule has 0 fully saturated rings. The lowest BCUT2D eigenvalue weighted by molar-refractivity contribution is 0.322. The summed E-state index contributed by atoms with van der Waals surface area (Å²) >= 11 is 0. The Morgan fingerprint density at radius 2 is 1.86 bits per heavy atom. The fraction of sp³-hybridized carbons (Fsp3) is 0.500. The lowest BCUT2D eigenvalue weighted by Crippen LogP contribution is -2.19. The number of aryl methyl sites for hydroxylation is 2. The normalized spacial score (nSPS) is 18.9. The van der Waals surface area contributed by atoms with Crippen molar-refractivity contribution in [2.45, 2.75) is 25.7 Å². The summed E-state index contributed by atoms with van der Waals surface area (Å²) in [4.78, 5) is 0. The molecule has 3 rings (SSSR count). The van der Waals surface area contributed by atoms with Gasteiger partial charge in [0.2, 0.25) is 0 Å². The number of rotatable bonds is 0. The van der Waals surface area contributed by atoms with E-state index >= 15 is 0 Å². The number of nitrogens with one attached hydrogen (secondary N) is 1. The second-order valence-electron chi connectivity index (χ2n) is 4.10. The van der Waals surface area contributed by atoms with Crippen LogP contribution in [0.3, 0.4) is 0 Å². The molecule has 1 aliphatic carbocycles. The Kier molecular flexibility index (Phi) is 1.86. The SMILES string of the molecule is c1c2c(cc3c1NCCO3)CCCC2. The Bertz CT molecular complexity index is 293. The van der Waals surface area contributed by atoms with E-state index in [9.17, 15) is 0 Å². The average Bonchev–Trinajstić information content (AvgIpc) is 2.26. The quantitative estimate of drug-likeness (QED) is 0.676. The number of anilines is 1. The van der Waals surface area contributed by atoms with Crippen molar-refractivity contribution in [2.75, 3.05) is 18.5 Å². The molecule has 1 N–H and O–H groups in total. The first-order valence-electron chi connectivity index (χ1n) is 5.46. The standard InChI is InChI=1S/C12H15NO/c1-2-4-10-8-12-11(7-9(10)3-1)13-5-6-14-12/h7-8,13H,1-6H2. The third-order valence-corrected chi connectivity index (χ3v) is 3.12. The van der Waals surface area contributed by atoms with Crippen molar-refractivity contribution in [3.8, 4) is 5.75 Å². The monoisotopic (exact) mass is 189 g/mol. The molecule has 1 aromatic rings. The highest BCUT2D eigenvalue weighted by molar-refractivity contribution is 5.61. The van der Waals surface area contributed by atoms with E-state index in [1.165, 1.54) is 42.5 Å². The highest BCUT2D eigenvalue weighted by Crippen LogP contribution is 2.33.